The van der Waals surface area contributed by atoms with Crippen molar-refractivity contribution >= 4 is 17.6 Å². The summed E-state index contributed by atoms with van der Waals surface area (Å²) < 4.78 is 13.1. The number of nitrogen functional groups attached to an aromatic ring is 1. The molecule has 0 saturated carbocycles. The van der Waals surface area contributed by atoms with Gasteiger partial charge in [0, 0.05) is 0 Å². The Morgan fingerprint density at radius 2 is 1.81 bits per heavy atom. The Bertz CT molecular complexity index is 444. The second kappa shape index (κ2) is 3.80. The predicted octanol–water partition coefficient (Wildman–Crippen LogP) is 0.835. The molecule has 16 heavy (non-hydrogen) atoms. The van der Waals surface area contributed by atoms with Crippen LogP contribution in [0.1, 0.15) is 12.5 Å². The first-order valence-electron chi connectivity index (χ1n) is 4.32. The Labute approximate surface area is 90.3 Å². The summed E-state index contributed by atoms with van der Waals surface area (Å²) in [7, 11) is 0. The van der Waals surface area contributed by atoms with Crippen LogP contribution in [0.5, 0.6) is 0 Å². The van der Waals surface area contributed by atoms with Crippen LogP contribution in [-0.4, -0.2) is 22.2 Å². The third-order valence-corrected chi connectivity index (χ3v) is 2.43. The summed E-state index contributed by atoms with van der Waals surface area (Å²) in [6.07, 6.45) is 0. The first-order valence-corrected chi connectivity index (χ1v) is 4.32. The van der Waals surface area contributed by atoms with E-state index >= 15 is 0 Å². The van der Waals surface area contributed by atoms with Crippen LogP contribution in [-0.2, 0) is 15.0 Å². The van der Waals surface area contributed by atoms with Crippen LogP contribution >= 0.6 is 0 Å². The highest BCUT2D eigenvalue weighted by molar-refractivity contribution is 6.04. The van der Waals surface area contributed by atoms with Crippen LogP contribution in [0.2, 0.25) is 0 Å². The van der Waals surface area contributed by atoms with Gasteiger partial charge in [-0.15, -0.1) is 0 Å². The number of carbonyl (C=O) groups is 2. The smallest absolute Gasteiger partial charge is 0.325 e. The summed E-state index contributed by atoms with van der Waals surface area (Å²) in [6.45, 7) is 0.989. The van der Waals surface area contributed by atoms with Crippen molar-refractivity contribution in [3.8, 4) is 0 Å². The fourth-order valence-corrected chi connectivity index (χ4v) is 1.18. The van der Waals surface area contributed by atoms with Crippen molar-refractivity contribution in [1.29, 1.82) is 0 Å². The first-order chi connectivity index (χ1) is 7.30. The van der Waals surface area contributed by atoms with E-state index < -0.39 is 23.2 Å². The maximum Gasteiger partial charge on any atom is 0.325 e. The van der Waals surface area contributed by atoms with Gasteiger partial charge in [0.15, 0.2) is 5.41 Å². The zero-order valence-corrected chi connectivity index (χ0v) is 8.40. The molecular weight excluding hydrogens is 217 g/mol. The van der Waals surface area contributed by atoms with E-state index in [0.717, 1.165) is 19.1 Å². The highest BCUT2D eigenvalue weighted by Gasteiger charge is 2.43. The molecule has 0 bridgehead atoms. The van der Waals surface area contributed by atoms with E-state index in [4.69, 9.17) is 15.9 Å². The minimum Gasteiger partial charge on any atom is -0.480 e. The number of hydrogen-bond donors (Lipinski definition) is 3. The summed E-state index contributed by atoms with van der Waals surface area (Å²) in [6, 6.07) is 3.13. The summed E-state index contributed by atoms with van der Waals surface area (Å²) in [5, 5.41) is 17.8. The number of carboxylic acids is 2. The largest absolute Gasteiger partial charge is 0.480 e. The van der Waals surface area contributed by atoms with Gasteiger partial charge < -0.3 is 15.9 Å². The quantitative estimate of drug-likeness (QED) is 0.524. The van der Waals surface area contributed by atoms with E-state index in [1.807, 2.05) is 0 Å². The van der Waals surface area contributed by atoms with E-state index in [2.05, 4.69) is 0 Å². The van der Waals surface area contributed by atoms with Crippen molar-refractivity contribution in [2.75, 3.05) is 5.73 Å². The van der Waals surface area contributed by atoms with E-state index in [1.54, 1.807) is 0 Å². The van der Waals surface area contributed by atoms with E-state index in [1.165, 1.54) is 6.07 Å². The van der Waals surface area contributed by atoms with Crippen molar-refractivity contribution in [2.24, 2.45) is 0 Å². The molecule has 86 valence electrons. The Kier molecular flexibility index (Phi) is 2.84. The number of rotatable bonds is 3. The molecular formula is C10H10FNO4. The number of benzene rings is 1. The Hall–Kier alpha value is -2.11. The van der Waals surface area contributed by atoms with Gasteiger partial charge in [-0.3, -0.25) is 9.59 Å². The lowest BCUT2D eigenvalue weighted by molar-refractivity contribution is -0.156. The zero-order chi connectivity index (χ0) is 12.5. The summed E-state index contributed by atoms with van der Waals surface area (Å²) in [4.78, 5) is 21.8. The SMILES string of the molecule is CC(C(=O)O)(C(=O)O)c1ccc(N)c(F)c1. The van der Waals surface area contributed by atoms with Gasteiger partial charge in [0.2, 0.25) is 0 Å². The van der Waals surface area contributed by atoms with E-state index in [9.17, 15) is 14.0 Å². The van der Waals surface area contributed by atoms with Gasteiger partial charge in [0.25, 0.3) is 0 Å². The second-order valence-electron chi connectivity index (χ2n) is 3.47. The topological polar surface area (TPSA) is 101 Å². The number of halogens is 1. The maximum absolute atomic E-state index is 13.1. The molecule has 0 spiro atoms. The number of aliphatic carboxylic acids is 2. The maximum atomic E-state index is 13.1. The summed E-state index contributed by atoms with van der Waals surface area (Å²) in [5.41, 5.74) is 2.70. The number of carboxylic acid groups (broad SMARTS) is 2. The van der Waals surface area contributed by atoms with Crippen LogP contribution in [0.3, 0.4) is 0 Å². The fourth-order valence-electron chi connectivity index (χ4n) is 1.18. The van der Waals surface area contributed by atoms with Crippen molar-refractivity contribution in [1.82, 2.24) is 0 Å². The summed E-state index contributed by atoms with van der Waals surface area (Å²) >= 11 is 0. The van der Waals surface area contributed by atoms with Crippen molar-refractivity contribution in [3.05, 3.63) is 29.6 Å². The molecule has 0 amide bonds. The number of hydrogen-bond acceptors (Lipinski definition) is 3. The number of anilines is 1. The average Bonchev–Trinajstić information content (AvgIpc) is 2.20. The van der Waals surface area contributed by atoms with Gasteiger partial charge in [-0.2, -0.15) is 0 Å². The molecule has 1 aromatic carbocycles. The Morgan fingerprint density at radius 1 is 1.31 bits per heavy atom. The van der Waals surface area contributed by atoms with Gasteiger partial charge in [-0.05, 0) is 24.6 Å². The lowest BCUT2D eigenvalue weighted by Crippen LogP contribution is -2.40. The van der Waals surface area contributed by atoms with Crippen LogP contribution < -0.4 is 5.73 Å². The minimum absolute atomic E-state index is 0.165. The van der Waals surface area contributed by atoms with Gasteiger partial charge in [0.1, 0.15) is 5.82 Å². The molecule has 0 heterocycles. The van der Waals surface area contributed by atoms with E-state index in [0.29, 0.717) is 0 Å². The van der Waals surface area contributed by atoms with Crippen LogP contribution in [0.25, 0.3) is 0 Å². The minimum atomic E-state index is -2.19. The monoisotopic (exact) mass is 227 g/mol. The summed E-state index contributed by atoms with van der Waals surface area (Å²) in [5.74, 6) is -3.97. The van der Waals surface area contributed by atoms with Crippen LogP contribution in [0.4, 0.5) is 10.1 Å². The second-order valence-corrected chi connectivity index (χ2v) is 3.47. The molecule has 4 N–H and O–H groups in total. The molecule has 0 saturated heterocycles. The molecule has 6 heteroatoms. The van der Waals surface area contributed by atoms with Gasteiger partial charge in [-0.25, -0.2) is 4.39 Å². The molecule has 0 unspecified atom stereocenters. The lowest BCUT2D eigenvalue weighted by Gasteiger charge is -2.20. The van der Waals surface area contributed by atoms with Gasteiger partial charge >= 0.3 is 11.9 Å². The predicted molar refractivity (Wildman–Crippen MR) is 53.4 cm³/mol. The first kappa shape index (κ1) is 12.0. The van der Waals surface area contributed by atoms with Crippen molar-refractivity contribution in [3.63, 3.8) is 0 Å². The lowest BCUT2D eigenvalue weighted by atomic mass is 9.82. The zero-order valence-electron chi connectivity index (χ0n) is 8.40. The number of nitrogens with two attached hydrogens (primary N) is 1. The van der Waals surface area contributed by atoms with Crippen LogP contribution in [0.15, 0.2) is 18.2 Å². The molecule has 0 radical (unpaired) electrons. The molecule has 1 rings (SSSR count). The standard InChI is InChI=1S/C10H10FNO4/c1-10(8(13)14,9(15)16)5-2-3-7(12)6(11)4-5/h2-4H,12H2,1H3,(H,13,14)(H,15,16). The fraction of sp³-hybridized carbons (Fsp3) is 0.200. The van der Waals surface area contributed by atoms with Crippen LogP contribution in [0, 0.1) is 5.82 Å². The normalized spacial score (nSPS) is 11.1. The van der Waals surface area contributed by atoms with Crippen molar-refractivity contribution in [2.45, 2.75) is 12.3 Å². The molecule has 0 aliphatic rings. The molecule has 0 aromatic heterocycles. The third kappa shape index (κ3) is 1.69. The molecule has 0 atom stereocenters. The molecule has 0 aliphatic heterocycles. The highest BCUT2D eigenvalue weighted by Crippen LogP contribution is 2.26. The van der Waals surface area contributed by atoms with Gasteiger partial charge in [-0.1, -0.05) is 6.07 Å². The Morgan fingerprint density at radius 3 is 2.19 bits per heavy atom. The molecule has 1 aromatic rings. The van der Waals surface area contributed by atoms with Gasteiger partial charge in [0.05, 0.1) is 5.69 Å². The van der Waals surface area contributed by atoms with Crippen molar-refractivity contribution < 1.29 is 24.2 Å². The molecule has 0 aliphatic carbocycles. The Balaban J connectivity index is 3.39. The average molecular weight is 227 g/mol. The van der Waals surface area contributed by atoms with E-state index in [-0.39, 0.29) is 11.3 Å². The third-order valence-electron chi connectivity index (χ3n) is 2.43. The molecule has 5 nitrogen and oxygen atoms in total. The molecule has 0 fully saturated rings. The highest BCUT2D eigenvalue weighted by atomic mass is 19.1.